The zero-order valence-corrected chi connectivity index (χ0v) is 13.8. The topological polar surface area (TPSA) is 0 Å². The molecule has 2 saturated carbocycles. The summed E-state index contributed by atoms with van der Waals surface area (Å²) in [4.78, 5) is 0. The van der Waals surface area contributed by atoms with E-state index in [1.807, 2.05) is 0 Å². The van der Waals surface area contributed by atoms with Gasteiger partial charge in [0.15, 0.2) is 7.38 Å². The van der Waals surface area contributed by atoms with Gasteiger partial charge in [0.25, 0.3) is 0 Å². The van der Waals surface area contributed by atoms with Crippen LogP contribution in [0.4, 0.5) is 0 Å². The Labute approximate surface area is 118 Å². The van der Waals surface area contributed by atoms with Crippen LogP contribution in [0.3, 0.4) is 0 Å². The van der Waals surface area contributed by atoms with Crippen molar-refractivity contribution in [2.75, 3.05) is 0 Å². The Morgan fingerprint density at radius 1 is 1.06 bits per heavy atom. The van der Waals surface area contributed by atoms with Crippen LogP contribution in [0.1, 0.15) is 45.4 Å². The summed E-state index contributed by atoms with van der Waals surface area (Å²) in [6.45, 7) is 7.07. The van der Waals surface area contributed by atoms with Crippen molar-refractivity contribution < 1.29 is 0 Å². The van der Waals surface area contributed by atoms with Gasteiger partial charge in [0.2, 0.25) is 0 Å². The second-order valence-electron chi connectivity index (χ2n) is 7.48. The molecule has 0 bridgehead atoms. The number of rotatable bonds is 1. The van der Waals surface area contributed by atoms with Gasteiger partial charge < -0.3 is 0 Å². The van der Waals surface area contributed by atoms with Crippen molar-refractivity contribution in [3.8, 4) is 0 Å². The molecule has 3 rings (SSSR count). The van der Waals surface area contributed by atoms with Gasteiger partial charge in [-0.25, -0.2) is 0 Å². The van der Waals surface area contributed by atoms with E-state index in [-0.39, 0.29) is 0 Å². The minimum absolute atomic E-state index is 0.757. The molecule has 18 heavy (non-hydrogen) atoms. The molecule has 0 aromatic heterocycles. The summed E-state index contributed by atoms with van der Waals surface area (Å²) in [5.74, 6) is 3.84. The molecule has 2 fully saturated rings. The summed E-state index contributed by atoms with van der Waals surface area (Å²) in [5.41, 5.74) is 2.40. The van der Waals surface area contributed by atoms with Crippen molar-refractivity contribution in [1.29, 1.82) is 0 Å². The molecule has 5 unspecified atom stereocenters. The van der Waals surface area contributed by atoms with Crippen molar-refractivity contribution in [1.82, 2.24) is 0 Å². The Bertz CT molecular complexity index is 355. The van der Waals surface area contributed by atoms with E-state index in [0.29, 0.717) is 0 Å². The zero-order valence-electron chi connectivity index (χ0n) is 12.1. The van der Waals surface area contributed by atoms with Crippen LogP contribution in [0.15, 0.2) is 11.6 Å². The molecule has 3 aliphatic carbocycles. The predicted octanol–water partition coefficient (Wildman–Crippen LogP) is 5.59. The Balaban J connectivity index is 1.86. The van der Waals surface area contributed by atoms with Crippen LogP contribution >= 0.6 is 11.1 Å². The maximum atomic E-state index is 6.83. The highest BCUT2D eigenvalue weighted by Crippen LogP contribution is 2.58. The highest BCUT2D eigenvalue weighted by atomic mass is 35.6. The highest BCUT2D eigenvalue weighted by molar-refractivity contribution is 7.20. The average molecular weight is 283 g/mol. The van der Waals surface area contributed by atoms with Crippen LogP contribution in [0.25, 0.3) is 0 Å². The monoisotopic (exact) mass is 282 g/mol. The summed E-state index contributed by atoms with van der Waals surface area (Å²) >= 11 is 6.83. The fraction of sp³-hybridized carbons (Fsp3) is 0.875. The van der Waals surface area contributed by atoms with Gasteiger partial charge in [0.1, 0.15) is 0 Å². The number of fused-ring (bicyclic) bond motifs is 3. The van der Waals surface area contributed by atoms with Gasteiger partial charge in [0, 0.05) is 0 Å². The lowest BCUT2D eigenvalue weighted by atomic mass is 9.62. The zero-order chi connectivity index (χ0) is 12.9. The molecule has 0 aliphatic heterocycles. The molecule has 5 atom stereocenters. The van der Waals surface area contributed by atoms with E-state index in [9.17, 15) is 0 Å². The molecule has 0 N–H and O–H groups in total. The fourth-order valence-corrected chi connectivity index (χ4v) is 9.04. The largest absolute Gasteiger partial charge is 0.167 e. The molecular weight excluding hydrogens is 256 g/mol. The van der Waals surface area contributed by atoms with E-state index >= 15 is 0 Å². The number of allylic oxidation sites excluding steroid dienone is 2. The lowest BCUT2D eigenvalue weighted by Gasteiger charge is -2.45. The molecule has 0 saturated heterocycles. The molecule has 102 valence electrons. The molecule has 0 spiro atoms. The highest BCUT2D eigenvalue weighted by Gasteiger charge is 2.50. The van der Waals surface area contributed by atoms with Crippen LogP contribution in [-0.4, -0.2) is 7.38 Å². The van der Waals surface area contributed by atoms with Gasteiger partial charge >= 0.3 is 0 Å². The Hall–Kier alpha value is 0.247. The van der Waals surface area contributed by atoms with Gasteiger partial charge in [-0.15, -0.1) is 0 Å². The quantitative estimate of drug-likeness (QED) is 0.334. The third kappa shape index (κ3) is 2.12. The van der Waals surface area contributed by atoms with Gasteiger partial charge in [-0.1, -0.05) is 44.0 Å². The smallest absolute Gasteiger partial charge is 0.157 e. The molecule has 0 radical (unpaired) electrons. The molecular formula is C16H27ClSi. The number of halogens is 1. The molecule has 3 aliphatic rings. The average Bonchev–Trinajstić information content (AvgIpc) is 2.65. The SMILES string of the molecule is CC1=CC2C3CCCCC3CCC2C1[Si](C)(C)Cl. The summed E-state index contributed by atoms with van der Waals surface area (Å²) in [7, 11) is -1.55. The number of hydrogen-bond acceptors (Lipinski definition) is 0. The summed E-state index contributed by atoms with van der Waals surface area (Å²) < 4.78 is 0. The minimum atomic E-state index is -1.55. The van der Waals surface area contributed by atoms with Crippen LogP contribution in [0.5, 0.6) is 0 Å². The lowest BCUT2D eigenvalue weighted by molar-refractivity contribution is 0.0902. The maximum Gasteiger partial charge on any atom is 0.157 e. The van der Waals surface area contributed by atoms with Gasteiger partial charge in [-0.3, -0.25) is 0 Å². The second-order valence-corrected chi connectivity index (χ2v) is 14.2. The molecule has 0 aromatic carbocycles. The van der Waals surface area contributed by atoms with Crippen molar-refractivity contribution in [3.63, 3.8) is 0 Å². The Kier molecular flexibility index (Phi) is 3.43. The van der Waals surface area contributed by atoms with Crippen LogP contribution in [-0.2, 0) is 0 Å². The summed E-state index contributed by atoms with van der Waals surface area (Å²) in [5, 5.41) is 0. The molecule has 2 heteroatoms. The molecule has 0 nitrogen and oxygen atoms in total. The Morgan fingerprint density at radius 2 is 1.78 bits per heavy atom. The van der Waals surface area contributed by atoms with Crippen molar-refractivity contribution in [2.45, 2.75) is 64.1 Å². The van der Waals surface area contributed by atoms with Crippen molar-refractivity contribution in [3.05, 3.63) is 11.6 Å². The van der Waals surface area contributed by atoms with Crippen molar-refractivity contribution >= 4 is 18.5 Å². The lowest BCUT2D eigenvalue weighted by Crippen LogP contribution is -2.39. The van der Waals surface area contributed by atoms with Gasteiger partial charge in [0.05, 0.1) is 0 Å². The molecule has 0 heterocycles. The number of hydrogen-bond donors (Lipinski definition) is 0. The van der Waals surface area contributed by atoms with Gasteiger partial charge in [-0.2, -0.15) is 11.1 Å². The third-order valence-corrected chi connectivity index (χ3v) is 9.01. The van der Waals surface area contributed by atoms with Gasteiger partial charge in [-0.05, 0) is 55.4 Å². The second kappa shape index (κ2) is 4.66. The standard InChI is InChI=1S/C16H27ClSi/c1-11-10-15-13-7-5-4-6-12(13)8-9-14(15)16(11)18(2,3)17/h10,12-16H,4-9H2,1-3H3. The first-order valence-corrected chi connectivity index (χ1v) is 11.9. The first-order valence-electron chi connectivity index (χ1n) is 7.85. The van der Waals surface area contributed by atoms with E-state index in [2.05, 4.69) is 26.1 Å². The van der Waals surface area contributed by atoms with Crippen LogP contribution in [0.2, 0.25) is 18.6 Å². The normalized spacial score (nSPS) is 44.2. The van der Waals surface area contributed by atoms with Crippen LogP contribution in [0, 0.1) is 23.7 Å². The first-order chi connectivity index (χ1) is 8.48. The van der Waals surface area contributed by atoms with Crippen LogP contribution < -0.4 is 0 Å². The molecule has 0 aromatic rings. The molecule has 0 amide bonds. The first kappa shape index (κ1) is 13.2. The summed E-state index contributed by atoms with van der Waals surface area (Å²) in [6, 6.07) is 0. The van der Waals surface area contributed by atoms with Crippen molar-refractivity contribution in [2.24, 2.45) is 23.7 Å². The fourth-order valence-electron chi connectivity index (χ4n) is 5.45. The minimum Gasteiger partial charge on any atom is -0.167 e. The van der Waals surface area contributed by atoms with E-state index < -0.39 is 7.38 Å². The van der Waals surface area contributed by atoms with E-state index in [1.54, 1.807) is 5.57 Å². The van der Waals surface area contributed by atoms with E-state index in [1.165, 1.54) is 38.5 Å². The predicted molar refractivity (Wildman–Crippen MR) is 82.5 cm³/mol. The third-order valence-electron chi connectivity index (χ3n) is 5.94. The summed E-state index contributed by atoms with van der Waals surface area (Å²) in [6.07, 6.45) is 11.6. The maximum absolute atomic E-state index is 6.83. The Morgan fingerprint density at radius 3 is 2.50 bits per heavy atom. The van der Waals surface area contributed by atoms with E-state index in [4.69, 9.17) is 11.1 Å². The van der Waals surface area contributed by atoms with E-state index in [0.717, 1.165) is 29.2 Å².